The first-order chi connectivity index (χ1) is 14.5. The summed E-state index contributed by atoms with van der Waals surface area (Å²) >= 11 is 0. The topological polar surface area (TPSA) is 101 Å². The Morgan fingerprint density at radius 1 is 1.20 bits per heavy atom. The van der Waals surface area contributed by atoms with Gasteiger partial charge in [0.1, 0.15) is 17.6 Å². The maximum absolute atomic E-state index is 13.5. The highest BCUT2D eigenvalue weighted by Crippen LogP contribution is 2.32. The van der Waals surface area contributed by atoms with E-state index in [-0.39, 0.29) is 5.89 Å². The number of aromatic nitrogens is 3. The lowest BCUT2D eigenvalue weighted by atomic mass is 9.87. The Labute approximate surface area is 174 Å². The average Bonchev–Trinajstić information content (AvgIpc) is 3.16. The summed E-state index contributed by atoms with van der Waals surface area (Å²) < 4.78 is 18.8. The summed E-state index contributed by atoms with van der Waals surface area (Å²) in [4.78, 5) is 20.7. The minimum Gasteiger partial charge on any atom is -0.481 e. The molecule has 30 heavy (non-hydrogen) atoms. The molecule has 0 radical (unpaired) electrons. The summed E-state index contributed by atoms with van der Waals surface area (Å²) in [7, 11) is 0. The van der Waals surface area contributed by atoms with Gasteiger partial charge in [-0.2, -0.15) is 4.98 Å². The zero-order valence-electron chi connectivity index (χ0n) is 17.0. The van der Waals surface area contributed by atoms with Crippen LogP contribution in [0.2, 0.25) is 0 Å². The van der Waals surface area contributed by atoms with Gasteiger partial charge in [-0.3, -0.25) is 4.79 Å². The molecule has 0 saturated carbocycles. The number of carboxylic acids is 1. The molecule has 3 rings (SSSR count). The minimum atomic E-state index is -1.09. The highest BCUT2D eigenvalue weighted by molar-refractivity contribution is 5.76. The standard InChI is InChI=1S/C22H25FN4O3/c1-3-24-18-11-5-9-17(25-18)10-6-12-19-26-21(30-27-19)20(22(28)29)14(2)15-7-4-8-16(23)13-15/h4-5,7-9,11,13-14,20H,3,6,10,12H2,1-2H3,(H,24,25)(H,28,29). The van der Waals surface area contributed by atoms with E-state index in [0.717, 1.165) is 30.9 Å². The fourth-order valence-corrected chi connectivity index (χ4v) is 3.34. The normalized spacial score (nSPS) is 13.0. The molecule has 2 N–H and O–H groups in total. The zero-order chi connectivity index (χ0) is 21.5. The Kier molecular flexibility index (Phi) is 7.11. The average molecular weight is 412 g/mol. The van der Waals surface area contributed by atoms with Crippen molar-refractivity contribution in [1.29, 1.82) is 0 Å². The second kappa shape index (κ2) is 9.96. The lowest BCUT2D eigenvalue weighted by Crippen LogP contribution is -2.19. The van der Waals surface area contributed by atoms with Crippen molar-refractivity contribution < 1.29 is 18.8 Å². The number of nitrogens with one attached hydrogen (secondary N) is 1. The number of aliphatic carboxylic acids is 1. The van der Waals surface area contributed by atoms with Crippen molar-refractivity contribution in [2.45, 2.75) is 44.9 Å². The molecule has 0 aliphatic carbocycles. The largest absolute Gasteiger partial charge is 0.481 e. The SMILES string of the molecule is CCNc1cccc(CCCc2noc(C(C(=O)O)C(C)c3cccc(F)c3)n2)n1. The lowest BCUT2D eigenvalue weighted by molar-refractivity contribution is -0.139. The van der Waals surface area contributed by atoms with Gasteiger partial charge in [0.05, 0.1) is 0 Å². The molecular weight excluding hydrogens is 387 g/mol. The van der Waals surface area contributed by atoms with Crippen LogP contribution in [0, 0.1) is 5.82 Å². The van der Waals surface area contributed by atoms with E-state index in [9.17, 15) is 14.3 Å². The van der Waals surface area contributed by atoms with E-state index in [4.69, 9.17) is 4.52 Å². The molecular formula is C22H25FN4O3. The van der Waals surface area contributed by atoms with Crippen LogP contribution in [0.1, 0.15) is 55.1 Å². The van der Waals surface area contributed by atoms with E-state index < -0.39 is 23.6 Å². The predicted molar refractivity (Wildman–Crippen MR) is 110 cm³/mol. The van der Waals surface area contributed by atoms with Crippen molar-refractivity contribution in [2.75, 3.05) is 11.9 Å². The first-order valence-electron chi connectivity index (χ1n) is 9.98. The maximum Gasteiger partial charge on any atom is 0.316 e. The van der Waals surface area contributed by atoms with Crippen LogP contribution in [0.15, 0.2) is 47.0 Å². The summed E-state index contributed by atoms with van der Waals surface area (Å²) in [5.41, 5.74) is 1.52. The molecule has 2 atom stereocenters. The third kappa shape index (κ3) is 5.40. The second-order valence-electron chi connectivity index (χ2n) is 7.11. The van der Waals surface area contributed by atoms with Crippen LogP contribution in [0.3, 0.4) is 0 Å². The molecule has 8 heteroatoms. The van der Waals surface area contributed by atoms with Gasteiger partial charge < -0.3 is 14.9 Å². The van der Waals surface area contributed by atoms with Crippen LogP contribution in [0.25, 0.3) is 0 Å². The van der Waals surface area contributed by atoms with E-state index in [2.05, 4.69) is 20.4 Å². The summed E-state index contributed by atoms with van der Waals surface area (Å²) in [6.07, 6.45) is 2.03. The third-order valence-electron chi connectivity index (χ3n) is 4.89. The number of nitrogens with zero attached hydrogens (tertiary/aromatic N) is 3. The molecule has 0 spiro atoms. The van der Waals surface area contributed by atoms with E-state index in [1.54, 1.807) is 19.1 Å². The van der Waals surface area contributed by atoms with Crippen molar-refractivity contribution >= 4 is 11.8 Å². The van der Waals surface area contributed by atoms with E-state index >= 15 is 0 Å². The van der Waals surface area contributed by atoms with Crippen molar-refractivity contribution in [3.05, 3.63) is 71.3 Å². The predicted octanol–water partition coefficient (Wildman–Crippen LogP) is 4.18. The van der Waals surface area contributed by atoms with E-state index in [0.29, 0.717) is 17.8 Å². The van der Waals surface area contributed by atoms with Crippen LogP contribution < -0.4 is 5.32 Å². The van der Waals surface area contributed by atoms with Gasteiger partial charge in [-0.25, -0.2) is 9.37 Å². The van der Waals surface area contributed by atoms with Gasteiger partial charge in [0.15, 0.2) is 5.82 Å². The molecule has 3 aromatic rings. The van der Waals surface area contributed by atoms with Crippen LogP contribution in [0.4, 0.5) is 10.2 Å². The molecule has 0 saturated heterocycles. The number of hydrogen-bond donors (Lipinski definition) is 2. The molecule has 0 fully saturated rings. The van der Waals surface area contributed by atoms with Gasteiger partial charge in [-0.1, -0.05) is 30.3 Å². The smallest absolute Gasteiger partial charge is 0.316 e. The molecule has 2 unspecified atom stereocenters. The summed E-state index contributed by atoms with van der Waals surface area (Å²) in [5.74, 6) is -1.76. The number of hydrogen-bond acceptors (Lipinski definition) is 6. The van der Waals surface area contributed by atoms with E-state index in [1.165, 1.54) is 12.1 Å². The zero-order valence-corrected chi connectivity index (χ0v) is 17.0. The second-order valence-corrected chi connectivity index (χ2v) is 7.11. The number of benzene rings is 1. The first-order valence-corrected chi connectivity index (χ1v) is 9.98. The number of anilines is 1. The summed E-state index contributed by atoms with van der Waals surface area (Å²) in [5, 5.41) is 16.8. The number of halogens is 1. The Morgan fingerprint density at radius 3 is 2.73 bits per heavy atom. The molecule has 2 aromatic heterocycles. The number of rotatable bonds is 10. The monoisotopic (exact) mass is 412 g/mol. The van der Waals surface area contributed by atoms with Gasteiger partial charge in [0.25, 0.3) is 0 Å². The van der Waals surface area contributed by atoms with Crippen LogP contribution in [0.5, 0.6) is 0 Å². The van der Waals surface area contributed by atoms with Crippen LogP contribution in [-0.2, 0) is 17.6 Å². The fourth-order valence-electron chi connectivity index (χ4n) is 3.34. The van der Waals surface area contributed by atoms with Crippen LogP contribution >= 0.6 is 0 Å². The van der Waals surface area contributed by atoms with Gasteiger partial charge in [-0.15, -0.1) is 0 Å². The number of aryl methyl sites for hydroxylation is 2. The minimum absolute atomic E-state index is 0.0292. The van der Waals surface area contributed by atoms with Crippen LogP contribution in [-0.4, -0.2) is 32.7 Å². The Bertz CT molecular complexity index is 992. The molecule has 7 nitrogen and oxygen atoms in total. The van der Waals surface area contributed by atoms with Gasteiger partial charge >= 0.3 is 5.97 Å². The van der Waals surface area contributed by atoms with Gasteiger partial charge in [-0.05, 0) is 49.6 Å². The maximum atomic E-state index is 13.5. The molecule has 0 bridgehead atoms. The van der Waals surface area contributed by atoms with Crippen molar-refractivity contribution in [1.82, 2.24) is 15.1 Å². The van der Waals surface area contributed by atoms with Crippen molar-refractivity contribution in [2.24, 2.45) is 0 Å². The molecule has 0 aliphatic heterocycles. The molecule has 158 valence electrons. The van der Waals surface area contributed by atoms with Crippen molar-refractivity contribution in [3.8, 4) is 0 Å². The highest BCUT2D eigenvalue weighted by atomic mass is 19.1. The number of carbonyl (C=O) groups is 1. The first kappa shape index (κ1) is 21.4. The summed E-state index contributed by atoms with van der Waals surface area (Å²) in [6.45, 7) is 4.53. The molecule has 0 amide bonds. The third-order valence-corrected chi connectivity index (χ3v) is 4.89. The van der Waals surface area contributed by atoms with Gasteiger partial charge in [0, 0.05) is 24.6 Å². The number of pyridine rings is 1. The Morgan fingerprint density at radius 2 is 2.00 bits per heavy atom. The summed E-state index contributed by atoms with van der Waals surface area (Å²) in [6, 6.07) is 11.7. The van der Waals surface area contributed by atoms with Gasteiger partial charge in [0.2, 0.25) is 5.89 Å². The number of carboxylic acid groups (broad SMARTS) is 1. The van der Waals surface area contributed by atoms with Crippen molar-refractivity contribution in [3.63, 3.8) is 0 Å². The molecule has 1 aromatic carbocycles. The fraction of sp³-hybridized carbons (Fsp3) is 0.364. The quantitative estimate of drug-likeness (QED) is 0.515. The Balaban J connectivity index is 1.65. The molecule has 2 heterocycles. The van der Waals surface area contributed by atoms with E-state index in [1.807, 2.05) is 25.1 Å². The molecule has 0 aliphatic rings. The highest BCUT2D eigenvalue weighted by Gasteiger charge is 2.33. The Hall–Kier alpha value is -3.29. The lowest BCUT2D eigenvalue weighted by Gasteiger charge is -2.17.